The van der Waals surface area contributed by atoms with E-state index in [0.29, 0.717) is 17.4 Å². The second-order valence-electron chi connectivity index (χ2n) is 5.59. The van der Waals surface area contributed by atoms with E-state index >= 15 is 0 Å². The van der Waals surface area contributed by atoms with Gasteiger partial charge in [-0.3, -0.25) is 0 Å². The number of anilines is 1. The van der Waals surface area contributed by atoms with Crippen LogP contribution in [0.3, 0.4) is 0 Å². The lowest BCUT2D eigenvalue weighted by Gasteiger charge is -2.10. The fraction of sp³-hybridized carbons (Fsp3) is 0.462. The van der Waals surface area contributed by atoms with Crippen LogP contribution in [0.25, 0.3) is 11.0 Å². The predicted molar refractivity (Wildman–Crippen MR) is 71.3 cm³/mol. The second kappa shape index (κ2) is 3.16. The number of fused-ring (bicyclic) bond motifs is 1. The normalized spacial score (nSPS) is 22.0. The fourth-order valence-electron chi connectivity index (χ4n) is 2.54. The standard InChI is InChI=1S/C13H16ClN3/c1-7-8(14)4-5-9-11(7)17(12(15)16-9)10-6-13(10,2)3/h4-5,10H,6H2,1-3H3,(H2,15,16). The number of hydrogen-bond acceptors (Lipinski definition) is 2. The first-order valence-corrected chi connectivity index (χ1v) is 6.22. The lowest BCUT2D eigenvalue weighted by atomic mass is 10.1. The smallest absolute Gasteiger partial charge is 0.201 e. The summed E-state index contributed by atoms with van der Waals surface area (Å²) in [7, 11) is 0. The van der Waals surface area contributed by atoms with Gasteiger partial charge in [0.25, 0.3) is 0 Å². The zero-order valence-corrected chi connectivity index (χ0v) is 11.0. The molecule has 0 amide bonds. The molecule has 1 fully saturated rings. The number of nitrogens with zero attached hydrogens (tertiary/aromatic N) is 2. The maximum atomic E-state index is 6.18. The van der Waals surface area contributed by atoms with E-state index in [2.05, 4.69) is 23.4 Å². The summed E-state index contributed by atoms with van der Waals surface area (Å²) in [5.41, 5.74) is 9.45. The van der Waals surface area contributed by atoms with Crippen LogP contribution in [-0.2, 0) is 0 Å². The quantitative estimate of drug-likeness (QED) is 0.840. The van der Waals surface area contributed by atoms with Crippen LogP contribution in [0.15, 0.2) is 12.1 Å². The average Bonchev–Trinajstić information content (AvgIpc) is 2.71. The summed E-state index contributed by atoms with van der Waals surface area (Å²) in [5.74, 6) is 0.598. The van der Waals surface area contributed by atoms with Gasteiger partial charge in [0.2, 0.25) is 5.95 Å². The molecule has 1 aliphatic carbocycles. The van der Waals surface area contributed by atoms with Crippen molar-refractivity contribution in [3.63, 3.8) is 0 Å². The zero-order chi connectivity index (χ0) is 12.4. The number of aromatic nitrogens is 2. The molecule has 1 saturated carbocycles. The van der Waals surface area contributed by atoms with Crippen molar-refractivity contribution in [1.82, 2.24) is 9.55 Å². The summed E-state index contributed by atoms with van der Waals surface area (Å²) >= 11 is 6.18. The third-order valence-electron chi connectivity index (χ3n) is 3.84. The van der Waals surface area contributed by atoms with Gasteiger partial charge in [-0.25, -0.2) is 4.98 Å². The number of rotatable bonds is 1. The fourth-order valence-corrected chi connectivity index (χ4v) is 2.70. The van der Waals surface area contributed by atoms with E-state index < -0.39 is 0 Å². The minimum absolute atomic E-state index is 0.316. The van der Waals surface area contributed by atoms with Crippen molar-refractivity contribution in [2.75, 3.05) is 5.73 Å². The third kappa shape index (κ3) is 1.45. The molecule has 0 saturated heterocycles. The van der Waals surface area contributed by atoms with E-state index in [1.807, 2.05) is 19.1 Å². The minimum atomic E-state index is 0.316. The Kier molecular flexibility index (Phi) is 2.03. The predicted octanol–water partition coefficient (Wildman–Crippen LogP) is 3.55. The van der Waals surface area contributed by atoms with E-state index in [-0.39, 0.29) is 0 Å². The van der Waals surface area contributed by atoms with Gasteiger partial charge in [0.05, 0.1) is 11.0 Å². The van der Waals surface area contributed by atoms with Gasteiger partial charge < -0.3 is 10.3 Å². The maximum Gasteiger partial charge on any atom is 0.201 e. The SMILES string of the molecule is Cc1c(Cl)ccc2nc(N)n(C3CC3(C)C)c12. The summed E-state index contributed by atoms with van der Waals surface area (Å²) in [5, 5.41) is 0.775. The van der Waals surface area contributed by atoms with Crippen LogP contribution in [-0.4, -0.2) is 9.55 Å². The molecule has 2 N–H and O–H groups in total. The Labute approximate surface area is 106 Å². The molecule has 0 spiro atoms. The van der Waals surface area contributed by atoms with Gasteiger partial charge in [-0.2, -0.15) is 0 Å². The number of nitrogen functional groups attached to an aromatic ring is 1. The largest absolute Gasteiger partial charge is 0.369 e. The molecule has 0 aliphatic heterocycles. The molecule has 0 bridgehead atoms. The second-order valence-corrected chi connectivity index (χ2v) is 6.00. The van der Waals surface area contributed by atoms with E-state index in [1.54, 1.807) is 0 Å². The van der Waals surface area contributed by atoms with Crippen LogP contribution in [0.5, 0.6) is 0 Å². The molecule has 1 unspecified atom stereocenters. The summed E-state index contributed by atoms with van der Waals surface area (Å²) < 4.78 is 2.15. The van der Waals surface area contributed by atoms with Gasteiger partial charge in [0, 0.05) is 11.1 Å². The van der Waals surface area contributed by atoms with Gasteiger partial charge >= 0.3 is 0 Å². The Balaban J connectivity index is 2.30. The zero-order valence-electron chi connectivity index (χ0n) is 10.3. The van der Waals surface area contributed by atoms with Crippen molar-refractivity contribution < 1.29 is 0 Å². The Morgan fingerprint density at radius 1 is 1.47 bits per heavy atom. The molecule has 1 aromatic heterocycles. The summed E-state index contributed by atoms with van der Waals surface area (Å²) in [6.07, 6.45) is 1.15. The molecule has 17 heavy (non-hydrogen) atoms. The first-order chi connectivity index (χ1) is 7.92. The number of hydrogen-bond donors (Lipinski definition) is 1. The Morgan fingerprint density at radius 3 is 2.71 bits per heavy atom. The molecule has 2 aromatic rings. The molecular weight excluding hydrogens is 234 g/mol. The molecule has 0 radical (unpaired) electrons. The Bertz CT molecular complexity index is 613. The lowest BCUT2D eigenvalue weighted by Crippen LogP contribution is -2.05. The highest BCUT2D eigenvalue weighted by Crippen LogP contribution is 2.57. The highest BCUT2D eigenvalue weighted by Gasteiger charge is 2.48. The Hall–Kier alpha value is -1.22. The number of halogens is 1. The van der Waals surface area contributed by atoms with Crippen LogP contribution in [0.1, 0.15) is 31.9 Å². The van der Waals surface area contributed by atoms with Crippen molar-refractivity contribution in [1.29, 1.82) is 0 Å². The molecule has 90 valence electrons. The van der Waals surface area contributed by atoms with E-state index in [0.717, 1.165) is 28.0 Å². The molecule has 3 nitrogen and oxygen atoms in total. The molecule has 1 aliphatic rings. The van der Waals surface area contributed by atoms with Crippen molar-refractivity contribution in [2.24, 2.45) is 5.41 Å². The van der Waals surface area contributed by atoms with Gasteiger partial charge in [-0.15, -0.1) is 0 Å². The molecule has 1 heterocycles. The van der Waals surface area contributed by atoms with E-state index in [4.69, 9.17) is 17.3 Å². The van der Waals surface area contributed by atoms with Crippen LogP contribution >= 0.6 is 11.6 Å². The summed E-state index contributed by atoms with van der Waals surface area (Å²) in [6.45, 7) is 6.53. The average molecular weight is 250 g/mol. The molecule has 4 heteroatoms. The van der Waals surface area contributed by atoms with Crippen LogP contribution in [0.2, 0.25) is 5.02 Å². The number of imidazole rings is 1. The number of aryl methyl sites for hydroxylation is 1. The molecule has 3 rings (SSSR count). The van der Waals surface area contributed by atoms with Crippen LogP contribution < -0.4 is 5.73 Å². The number of benzene rings is 1. The van der Waals surface area contributed by atoms with Crippen molar-refractivity contribution in [3.8, 4) is 0 Å². The molecule has 1 aromatic carbocycles. The Morgan fingerprint density at radius 2 is 2.12 bits per heavy atom. The third-order valence-corrected chi connectivity index (χ3v) is 4.25. The lowest BCUT2D eigenvalue weighted by molar-refractivity contribution is 0.552. The summed E-state index contributed by atoms with van der Waals surface area (Å²) in [6, 6.07) is 4.27. The van der Waals surface area contributed by atoms with Crippen molar-refractivity contribution in [2.45, 2.75) is 33.2 Å². The first-order valence-electron chi connectivity index (χ1n) is 5.84. The van der Waals surface area contributed by atoms with Crippen molar-refractivity contribution >= 4 is 28.6 Å². The topological polar surface area (TPSA) is 43.8 Å². The monoisotopic (exact) mass is 249 g/mol. The highest BCUT2D eigenvalue weighted by molar-refractivity contribution is 6.32. The van der Waals surface area contributed by atoms with Crippen molar-refractivity contribution in [3.05, 3.63) is 22.7 Å². The number of nitrogens with two attached hydrogens (primary N) is 1. The molecular formula is C13H16ClN3. The first kappa shape index (κ1) is 10.9. The highest BCUT2D eigenvalue weighted by atomic mass is 35.5. The molecule has 1 atom stereocenters. The van der Waals surface area contributed by atoms with E-state index in [9.17, 15) is 0 Å². The van der Waals surface area contributed by atoms with Gasteiger partial charge in [-0.05, 0) is 36.5 Å². The van der Waals surface area contributed by atoms with Gasteiger partial charge in [0.15, 0.2) is 0 Å². The van der Waals surface area contributed by atoms with Crippen LogP contribution in [0, 0.1) is 12.3 Å². The maximum absolute atomic E-state index is 6.18. The minimum Gasteiger partial charge on any atom is -0.369 e. The van der Waals surface area contributed by atoms with Gasteiger partial charge in [-0.1, -0.05) is 25.4 Å². The van der Waals surface area contributed by atoms with Gasteiger partial charge in [0.1, 0.15) is 0 Å². The van der Waals surface area contributed by atoms with Crippen LogP contribution in [0.4, 0.5) is 5.95 Å². The van der Waals surface area contributed by atoms with E-state index in [1.165, 1.54) is 0 Å². The summed E-state index contributed by atoms with van der Waals surface area (Å²) in [4.78, 5) is 4.42.